The van der Waals surface area contributed by atoms with Gasteiger partial charge in [0.25, 0.3) is 0 Å². The Morgan fingerprint density at radius 3 is 2.62 bits per heavy atom. The largest absolute Gasteiger partial charge is 0.494 e. The maximum atomic E-state index is 12.1. The van der Waals surface area contributed by atoms with Crippen LogP contribution in [-0.4, -0.2) is 38.9 Å². The lowest BCUT2D eigenvalue weighted by Crippen LogP contribution is -2.17. The third-order valence-corrected chi connectivity index (χ3v) is 4.08. The van der Waals surface area contributed by atoms with Crippen molar-refractivity contribution in [2.24, 2.45) is 12.8 Å². The minimum absolute atomic E-state index is 0.0772. The number of ether oxygens (including phenoxy) is 1. The molecule has 128 valence electrons. The molecule has 2 amide bonds. The van der Waals surface area contributed by atoms with Crippen molar-refractivity contribution in [3.8, 4) is 5.75 Å². The molecule has 0 bridgehead atoms. The Bertz CT molecular complexity index is 714. The van der Waals surface area contributed by atoms with E-state index >= 15 is 0 Å². The molecule has 1 heterocycles. The second-order valence-electron chi connectivity index (χ2n) is 4.90. The van der Waals surface area contributed by atoms with Gasteiger partial charge in [-0.3, -0.25) is 9.59 Å². The highest BCUT2D eigenvalue weighted by molar-refractivity contribution is 7.99. The van der Waals surface area contributed by atoms with Gasteiger partial charge in [0.1, 0.15) is 11.6 Å². The number of nitrogens with one attached hydrogen (secondary N) is 1. The fourth-order valence-corrected chi connectivity index (χ4v) is 2.58. The second-order valence-corrected chi connectivity index (χ2v) is 5.84. The van der Waals surface area contributed by atoms with E-state index in [1.807, 2.05) is 6.92 Å². The Labute approximate surface area is 143 Å². The molecule has 0 saturated carbocycles. The fraction of sp³-hybridized carbons (Fsp3) is 0.333. The van der Waals surface area contributed by atoms with Gasteiger partial charge >= 0.3 is 0 Å². The van der Waals surface area contributed by atoms with Gasteiger partial charge in [0.15, 0.2) is 5.16 Å². The average Bonchev–Trinajstić information content (AvgIpc) is 2.88. The molecule has 3 N–H and O–H groups in total. The van der Waals surface area contributed by atoms with Crippen molar-refractivity contribution in [2.75, 3.05) is 17.7 Å². The van der Waals surface area contributed by atoms with Crippen LogP contribution in [0.5, 0.6) is 5.75 Å². The zero-order valence-electron chi connectivity index (χ0n) is 13.5. The van der Waals surface area contributed by atoms with Crippen LogP contribution >= 0.6 is 11.8 Å². The van der Waals surface area contributed by atoms with Gasteiger partial charge in [0.05, 0.1) is 18.8 Å². The first-order chi connectivity index (χ1) is 11.5. The molecule has 0 fully saturated rings. The van der Waals surface area contributed by atoms with Crippen LogP contribution in [0.15, 0.2) is 29.4 Å². The van der Waals surface area contributed by atoms with Gasteiger partial charge in [-0.25, -0.2) is 0 Å². The molecule has 8 nitrogen and oxygen atoms in total. The Morgan fingerprint density at radius 2 is 2.00 bits per heavy atom. The molecule has 0 aliphatic heterocycles. The van der Waals surface area contributed by atoms with E-state index in [1.165, 1.54) is 11.8 Å². The van der Waals surface area contributed by atoms with Crippen LogP contribution in [0.4, 0.5) is 5.69 Å². The summed E-state index contributed by atoms with van der Waals surface area (Å²) in [6.07, 6.45) is 0.0772. The number of amides is 2. The third kappa shape index (κ3) is 4.98. The van der Waals surface area contributed by atoms with Crippen molar-refractivity contribution in [3.63, 3.8) is 0 Å². The lowest BCUT2D eigenvalue weighted by atomic mass is 10.3. The topological polar surface area (TPSA) is 112 Å². The van der Waals surface area contributed by atoms with E-state index in [0.717, 1.165) is 5.75 Å². The van der Waals surface area contributed by atoms with E-state index in [-0.39, 0.29) is 18.1 Å². The molecule has 0 aliphatic rings. The average molecular weight is 349 g/mol. The first-order valence-electron chi connectivity index (χ1n) is 7.31. The Morgan fingerprint density at radius 1 is 1.29 bits per heavy atom. The lowest BCUT2D eigenvalue weighted by Gasteiger charge is -2.07. The highest BCUT2D eigenvalue weighted by Crippen LogP contribution is 2.17. The summed E-state index contributed by atoms with van der Waals surface area (Å²) in [7, 11) is 1.74. The van der Waals surface area contributed by atoms with Gasteiger partial charge in [-0.2, -0.15) is 0 Å². The monoisotopic (exact) mass is 349 g/mol. The molecule has 2 aromatic rings. The molecule has 1 aromatic heterocycles. The number of rotatable bonds is 8. The van der Waals surface area contributed by atoms with Crippen molar-refractivity contribution >= 4 is 29.3 Å². The Hall–Kier alpha value is -2.55. The molecule has 1 aromatic carbocycles. The molecule has 24 heavy (non-hydrogen) atoms. The number of hydrogen-bond acceptors (Lipinski definition) is 6. The van der Waals surface area contributed by atoms with Crippen molar-refractivity contribution < 1.29 is 14.3 Å². The number of anilines is 1. The first-order valence-corrected chi connectivity index (χ1v) is 8.30. The highest BCUT2D eigenvalue weighted by atomic mass is 32.2. The van der Waals surface area contributed by atoms with E-state index in [4.69, 9.17) is 10.5 Å². The van der Waals surface area contributed by atoms with Crippen LogP contribution < -0.4 is 15.8 Å². The van der Waals surface area contributed by atoms with E-state index < -0.39 is 5.91 Å². The maximum Gasteiger partial charge on any atom is 0.232 e. The first kappa shape index (κ1) is 17.8. The number of primary amides is 1. The summed E-state index contributed by atoms with van der Waals surface area (Å²) in [5.74, 6) is 0.730. The molecular weight excluding hydrogens is 330 g/mol. The van der Waals surface area contributed by atoms with Crippen molar-refractivity contribution in [1.82, 2.24) is 14.8 Å². The SMILES string of the molecule is CCOc1ccc(NC(=O)Cc2nnc(SCC(N)=O)n2C)cc1. The summed E-state index contributed by atoms with van der Waals surface area (Å²) in [6.45, 7) is 2.50. The molecule has 0 atom stereocenters. The van der Waals surface area contributed by atoms with Gasteiger partial charge in [0.2, 0.25) is 11.8 Å². The predicted octanol–water partition coefficient (Wildman–Crippen LogP) is 0.972. The molecule has 0 radical (unpaired) electrons. The number of nitrogens with zero attached hydrogens (tertiary/aromatic N) is 3. The molecule has 9 heteroatoms. The quantitative estimate of drug-likeness (QED) is 0.687. The minimum Gasteiger partial charge on any atom is -0.494 e. The predicted molar refractivity (Wildman–Crippen MR) is 90.9 cm³/mol. The molecule has 0 aliphatic carbocycles. The fourth-order valence-electron chi connectivity index (χ4n) is 1.91. The summed E-state index contributed by atoms with van der Waals surface area (Å²) in [5.41, 5.74) is 5.78. The number of thioether (sulfide) groups is 1. The smallest absolute Gasteiger partial charge is 0.232 e. The van der Waals surface area contributed by atoms with E-state index in [2.05, 4.69) is 15.5 Å². The lowest BCUT2D eigenvalue weighted by molar-refractivity contribution is -0.116. The molecule has 0 saturated heterocycles. The van der Waals surface area contributed by atoms with Crippen molar-refractivity contribution in [2.45, 2.75) is 18.5 Å². The number of carbonyl (C=O) groups excluding carboxylic acids is 2. The molecule has 2 rings (SSSR count). The van der Waals surface area contributed by atoms with Crippen LogP contribution in [0.1, 0.15) is 12.7 Å². The summed E-state index contributed by atoms with van der Waals surface area (Å²) in [5, 5.41) is 11.3. The van der Waals surface area contributed by atoms with Gasteiger partial charge in [0, 0.05) is 12.7 Å². The maximum absolute atomic E-state index is 12.1. The van der Waals surface area contributed by atoms with Gasteiger partial charge < -0.3 is 20.4 Å². The van der Waals surface area contributed by atoms with Crippen LogP contribution in [-0.2, 0) is 23.1 Å². The Kier molecular flexibility index (Phi) is 6.19. The van der Waals surface area contributed by atoms with Crippen LogP contribution in [0.2, 0.25) is 0 Å². The number of carbonyl (C=O) groups is 2. The molecule has 0 spiro atoms. The van der Waals surface area contributed by atoms with Crippen LogP contribution in [0.25, 0.3) is 0 Å². The second kappa shape index (κ2) is 8.34. The number of hydrogen-bond donors (Lipinski definition) is 2. The van der Waals surface area contributed by atoms with Gasteiger partial charge in [-0.15, -0.1) is 10.2 Å². The summed E-state index contributed by atoms with van der Waals surface area (Å²) in [4.78, 5) is 22.9. The van der Waals surface area contributed by atoms with Crippen molar-refractivity contribution in [3.05, 3.63) is 30.1 Å². The number of benzene rings is 1. The van der Waals surface area contributed by atoms with Crippen molar-refractivity contribution in [1.29, 1.82) is 0 Å². The normalized spacial score (nSPS) is 10.4. The minimum atomic E-state index is -0.433. The number of aromatic nitrogens is 3. The van der Waals surface area contributed by atoms with Gasteiger partial charge in [-0.1, -0.05) is 11.8 Å². The van der Waals surface area contributed by atoms with Gasteiger partial charge in [-0.05, 0) is 31.2 Å². The van der Waals surface area contributed by atoms with Crippen LogP contribution in [0, 0.1) is 0 Å². The zero-order valence-corrected chi connectivity index (χ0v) is 14.3. The third-order valence-electron chi connectivity index (χ3n) is 3.04. The summed E-state index contributed by atoms with van der Waals surface area (Å²) < 4.78 is 7.02. The zero-order chi connectivity index (χ0) is 17.5. The molecular formula is C15H19N5O3S. The van der Waals surface area contributed by atoms with E-state index in [1.54, 1.807) is 35.9 Å². The van der Waals surface area contributed by atoms with E-state index in [9.17, 15) is 9.59 Å². The molecule has 0 unspecified atom stereocenters. The number of nitrogens with two attached hydrogens (primary N) is 1. The standard InChI is InChI=1S/C15H19N5O3S/c1-3-23-11-6-4-10(5-7-11)17-14(22)8-13-18-19-15(20(13)2)24-9-12(16)21/h4-7H,3,8-9H2,1-2H3,(H2,16,21)(H,17,22). The van der Waals surface area contributed by atoms with E-state index in [0.29, 0.717) is 23.3 Å². The summed E-state index contributed by atoms with van der Waals surface area (Å²) in [6, 6.07) is 7.13. The highest BCUT2D eigenvalue weighted by Gasteiger charge is 2.14. The Balaban J connectivity index is 1.93. The summed E-state index contributed by atoms with van der Waals surface area (Å²) >= 11 is 1.18. The van der Waals surface area contributed by atoms with Crippen LogP contribution in [0.3, 0.4) is 0 Å².